The van der Waals surface area contributed by atoms with Crippen molar-refractivity contribution in [1.82, 2.24) is 14.7 Å². The third-order valence-corrected chi connectivity index (χ3v) is 3.11. The molecule has 1 atom stereocenters. The van der Waals surface area contributed by atoms with Gasteiger partial charge in [-0.05, 0) is 20.4 Å². The zero-order valence-corrected chi connectivity index (χ0v) is 11.4. The van der Waals surface area contributed by atoms with E-state index in [0.717, 1.165) is 13.0 Å². The van der Waals surface area contributed by atoms with Crippen LogP contribution in [0.1, 0.15) is 20.3 Å². The largest absolute Gasteiger partial charge is 0.362 e. The Morgan fingerprint density at radius 2 is 2.33 bits per heavy atom. The molecule has 7 heteroatoms. The molecule has 7 nitrogen and oxygen atoms in total. The van der Waals surface area contributed by atoms with Crippen molar-refractivity contribution in [2.45, 2.75) is 26.3 Å². The van der Waals surface area contributed by atoms with Crippen LogP contribution in [0, 0.1) is 10.1 Å². The molecule has 1 N–H and O–H groups in total. The SMILES string of the molecule is CCC(C)N(C)CCNc1nn(C)cc1[N+](=O)[O-]. The number of nitrogens with one attached hydrogen (secondary N) is 1. The molecular formula is C11H21N5O2. The zero-order valence-electron chi connectivity index (χ0n) is 11.4. The van der Waals surface area contributed by atoms with Gasteiger partial charge in [0.05, 0.1) is 4.92 Å². The predicted molar refractivity (Wildman–Crippen MR) is 70.7 cm³/mol. The molecule has 0 spiro atoms. The Morgan fingerprint density at radius 3 is 2.89 bits per heavy atom. The molecule has 1 unspecified atom stereocenters. The van der Waals surface area contributed by atoms with E-state index in [1.165, 1.54) is 10.9 Å². The van der Waals surface area contributed by atoms with Crippen LogP contribution in [0.2, 0.25) is 0 Å². The molecule has 1 rings (SSSR count). The molecule has 0 saturated carbocycles. The monoisotopic (exact) mass is 255 g/mol. The molecule has 0 radical (unpaired) electrons. The van der Waals surface area contributed by atoms with Gasteiger partial charge >= 0.3 is 5.69 Å². The highest BCUT2D eigenvalue weighted by Crippen LogP contribution is 2.20. The molecule has 0 amide bonds. The Kier molecular flexibility index (Phi) is 5.08. The molecule has 0 aliphatic carbocycles. The van der Waals surface area contributed by atoms with E-state index < -0.39 is 4.92 Å². The van der Waals surface area contributed by atoms with E-state index in [9.17, 15) is 10.1 Å². The van der Waals surface area contributed by atoms with Gasteiger partial charge in [-0.2, -0.15) is 0 Å². The highest BCUT2D eigenvalue weighted by atomic mass is 16.6. The first-order valence-electron chi connectivity index (χ1n) is 6.07. The summed E-state index contributed by atoms with van der Waals surface area (Å²) in [5.74, 6) is 0.333. The fourth-order valence-corrected chi connectivity index (χ4v) is 1.62. The Hall–Kier alpha value is -1.63. The van der Waals surface area contributed by atoms with Crippen molar-refractivity contribution < 1.29 is 4.92 Å². The third-order valence-electron chi connectivity index (χ3n) is 3.11. The third kappa shape index (κ3) is 3.69. The smallest absolute Gasteiger partial charge is 0.330 e. The minimum Gasteiger partial charge on any atom is -0.362 e. The highest BCUT2D eigenvalue weighted by Gasteiger charge is 2.18. The van der Waals surface area contributed by atoms with Gasteiger partial charge in [0, 0.05) is 26.2 Å². The van der Waals surface area contributed by atoms with E-state index in [0.29, 0.717) is 18.4 Å². The van der Waals surface area contributed by atoms with E-state index in [-0.39, 0.29) is 5.69 Å². The summed E-state index contributed by atoms with van der Waals surface area (Å²) in [5, 5.41) is 17.8. The van der Waals surface area contributed by atoms with Crippen LogP contribution in [-0.2, 0) is 7.05 Å². The number of anilines is 1. The van der Waals surface area contributed by atoms with E-state index in [1.807, 2.05) is 7.05 Å². The molecule has 0 aliphatic rings. The lowest BCUT2D eigenvalue weighted by Gasteiger charge is -2.23. The number of hydrogen-bond acceptors (Lipinski definition) is 5. The minimum atomic E-state index is -0.423. The van der Waals surface area contributed by atoms with Crippen molar-refractivity contribution in [3.05, 3.63) is 16.3 Å². The fourth-order valence-electron chi connectivity index (χ4n) is 1.62. The Balaban J connectivity index is 2.51. The van der Waals surface area contributed by atoms with Crippen LogP contribution < -0.4 is 5.32 Å². The maximum absolute atomic E-state index is 10.8. The van der Waals surface area contributed by atoms with Crippen LogP contribution in [-0.4, -0.2) is 45.8 Å². The second-order valence-corrected chi connectivity index (χ2v) is 4.46. The van der Waals surface area contributed by atoms with Crippen LogP contribution >= 0.6 is 0 Å². The van der Waals surface area contributed by atoms with Gasteiger partial charge in [-0.1, -0.05) is 6.92 Å². The van der Waals surface area contributed by atoms with Gasteiger partial charge in [-0.3, -0.25) is 14.8 Å². The molecule has 0 aliphatic heterocycles. The predicted octanol–water partition coefficient (Wildman–Crippen LogP) is 1.47. The molecule has 1 aromatic heterocycles. The highest BCUT2D eigenvalue weighted by molar-refractivity contribution is 5.54. The van der Waals surface area contributed by atoms with Gasteiger partial charge in [0.2, 0.25) is 5.82 Å². The first-order chi connectivity index (χ1) is 8.45. The Bertz CT molecular complexity index is 404. The lowest BCUT2D eigenvalue weighted by molar-refractivity contribution is -0.384. The van der Waals surface area contributed by atoms with Gasteiger partial charge in [0.25, 0.3) is 0 Å². The maximum Gasteiger partial charge on any atom is 0.330 e. The van der Waals surface area contributed by atoms with Crippen molar-refractivity contribution in [1.29, 1.82) is 0 Å². The second kappa shape index (κ2) is 6.34. The second-order valence-electron chi connectivity index (χ2n) is 4.46. The van der Waals surface area contributed by atoms with Gasteiger partial charge in [0.15, 0.2) is 0 Å². The molecule has 1 heterocycles. The molecular weight excluding hydrogens is 234 g/mol. The number of rotatable bonds is 7. The maximum atomic E-state index is 10.8. The standard InChI is InChI=1S/C11H21N5O2/c1-5-9(2)14(3)7-6-12-11-10(16(17)18)8-15(4)13-11/h8-9H,5-7H2,1-4H3,(H,12,13). The lowest BCUT2D eigenvalue weighted by atomic mass is 10.2. The molecule has 1 aromatic rings. The normalized spacial score (nSPS) is 12.7. The van der Waals surface area contributed by atoms with Crippen LogP contribution in [0.5, 0.6) is 0 Å². The average Bonchev–Trinajstić information content (AvgIpc) is 2.69. The molecule has 0 fully saturated rings. The number of hydrogen-bond donors (Lipinski definition) is 1. The van der Waals surface area contributed by atoms with Crippen LogP contribution in [0.15, 0.2) is 6.20 Å². The molecule has 0 aromatic carbocycles. The first kappa shape index (κ1) is 14.4. The van der Waals surface area contributed by atoms with Crippen LogP contribution in [0.25, 0.3) is 0 Å². The summed E-state index contributed by atoms with van der Waals surface area (Å²) in [6.07, 6.45) is 2.49. The topological polar surface area (TPSA) is 76.2 Å². The molecule has 102 valence electrons. The summed E-state index contributed by atoms with van der Waals surface area (Å²) >= 11 is 0. The summed E-state index contributed by atoms with van der Waals surface area (Å²) in [7, 11) is 3.71. The molecule has 0 bridgehead atoms. The fraction of sp³-hybridized carbons (Fsp3) is 0.727. The molecule has 18 heavy (non-hydrogen) atoms. The van der Waals surface area contributed by atoms with Gasteiger partial charge < -0.3 is 10.2 Å². The minimum absolute atomic E-state index is 0.0173. The number of likely N-dealkylation sites (N-methyl/N-ethyl adjacent to an activating group) is 1. The van der Waals surface area contributed by atoms with Crippen molar-refractivity contribution in [2.24, 2.45) is 7.05 Å². The van der Waals surface area contributed by atoms with E-state index in [1.54, 1.807) is 7.05 Å². The summed E-state index contributed by atoms with van der Waals surface area (Å²) in [6.45, 7) is 5.75. The number of aryl methyl sites for hydroxylation is 1. The van der Waals surface area contributed by atoms with Crippen molar-refractivity contribution in [3.63, 3.8) is 0 Å². The van der Waals surface area contributed by atoms with Crippen LogP contribution in [0.3, 0.4) is 0 Å². The van der Waals surface area contributed by atoms with Crippen molar-refractivity contribution >= 4 is 11.5 Å². The average molecular weight is 255 g/mol. The number of nitrogens with zero attached hydrogens (tertiary/aromatic N) is 4. The van der Waals surface area contributed by atoms with Gasteiger partial charge in [-0.25, -0.2) is 0 Å². The number of aromatic nitrogens is 2. The summed E-state index contributed by atoms with van der Waals surface area (Å²) in [6, 6.07) is 0.505. The summed E-state index contributed by atoms with van der Waals surface area (Å²) < 4.78 is 1.44. The van der Waals surface area contributed by atoms with E-state index in [4.69, 9.17) is 0 Å². The lowest BCUT2D eigenvalue weighted by Crippen LogP contribution is -2.32. The number of nitro groups is 1. The summed E-state index contributed by atoms with van der Waals surface area (Å²) in [4.78, 5) is 12.6. The Morgan fingerprint density at radius 1 is 1.67 bits per heavy atom. The first-order valence-corrected chi connectivity index (χ1v) is 6.07. The van der Waals surface area contributed by atoms with E-state index in [2.05, 4.69) is 29.2 Å². The van der Waals surface area contributed by atoms with Crippen molar-refractivity contribution in [2.75, 3.05) is 25.5 Å². The van der Waals surface area contributed by atoms with Gasteiger partial charge in [-0.15, -0.1) is 5.10 Å². The molecule has 0 saturated heterocycles. The Labute approximate surface area is 107 Å². The van der Waals surface area contributed by atoms with Crippen LogP contribution in [0.4, 0.5) is 11.5 Å². The van der Waals surface area contributed by atoms with Crippen molar-refractivity contribution in [3.8, 4) is 0 Å². The quantitative estimate of drug-likeness (QED) is 0.590. The van der Waals surface area contributed by atoms with E-state index >= 15 is 0 Å². The van der Waals surface area contributed by atoms with Gasteiger partial charge in [0.1, 0.15) is 6.20 Å². The zero-order chi connectivity index (χ0) is 13.7. The summed E-state index contributed by atoms with van der Waals surface area (Å²) in [5.41, 5.74) is 0.0173.